The van der Waals surface area contributed by atoms with E-state index in [0.717, 1.165) is 44.1 Å². The Labute approximate surface area is 219 Å². The minimum absolute atomic E-state index is 0.0661. The molecule has 2 aromatic rings. The third-order valence-electron chi connectivity index (χ3n) is 5.74. The van der Waals surface area contributed by atoms with Crippen molar-refractivity contribution in [3.63, 3.8) is 0 Å². The number of nitrogens with zero attached hydrogens (tertiary/aromatic N) is 1. The molecule has 0 unspecified atom stereocenters. The summed E-state index contributed by atoms with van der Waals surface area (Å²) in [4.78, 5) is 40.5. The van der Waals surface area contributed by atoms with E-state index >= 15 is 0 Å². The number of carbonyl (C=O) groups excluding carboxylic acids is 3. The van der Waals surface area contributed by atoms with Crippen LogP contribution >= 0.6 is 0 Å². The number of nitrogens with two attached hydrogens (primary N) is 1. The van der Waals surface area contributed by atoms with Crippen LogP contribution in [0.1, 0.15) is 93.6 Å². The van der Waals surface area contributed by atoms with Gasteiger partial charge in [-0.1, -0.05) is 77.6 Å². The fourth-order valence-corrected chi connectivity index (χ4v) is 3.51. The van der Waals surface area contributed by atoms with Crippen LogP contribution in [0.15, 0.2) is 36.5 Å². The van der Waals surface area contributed by atoms with Gasteiger partial charge in [-0.05, 0) is 29.9 Å². The number of aromatic nitrogens is 1. The molecule has 0 aliphatic rings. The van der Waals surface area contributed by atoms with E-state index in [-0.39, 0.29) is 36.4 Å². The maximum absolute atomic E-state index is 12.9. The van der Waals surface area contributed by atoms with Crippen LogP contribution in [0.25, 0.3) is 0 Å². The quantitative estimate of drug-likeness (QED) is 0.327. The van der Waals surface area contributed by atoms with Crippen molar-refractivity contribution >= 4 is 18.0 Å². The summed E-state index contributed by atoms with van der Waals surface area (Å²) in [6.45, 7) is 8.19. The second-order valence-electron chi connectivity index (χ2n) is 9.17. The first-order valence-electron chi connectivity index (χ1n) is 12.9. The minimum atomic E-state index is -1.05. The molecule has 37 heavy (non-hydrogen) atoms. The Balaban J connectivity index is 2.23. The Hall–Kier alpha value is -3.46. The lowest BCUT2D eigenvalue weighted by Crippen LogP contribution is -2.37. The first-order valence-corrected chi connectivity index (χ1v) is 12.9. The van der Waals surface area contributed by atoms with E-state index < -0.39 is 18.0 Å². The Bertz CT molecular complexity index is 1020. The summed E-state index contributed by atoms with van der Waals surface area (Å²) >= 11 is 0. The topological polar surface area (TPSA) is 130 Å². The molecule has 3 N–H and O–H groups in total. The lowest BCUT2D eigenvalue weighted by molar-refractivity contribution is -0.118. The maximum Gasteiger partial charge on any atom is 0.420 e. The van der Waals surface area contributed by atoms with Gasteiger partial charge in [0, 0.05) is 12.3 Å². The van der Waals surface area contributed by atoms with Gasteiger partial charge in [-0.2, -0.15) is 0 Å². The monoisotopic (exact) mass is 513 g/mol. The summed E-state index contributed by atoms with van der Waals surface area (Å²) in [6.07, 6.45) is 5.57. The lowest BCUT2D eigenvalue weighted by atomic mass is 10.0. The summed E-state index contributed by atoms with van der Waals surface area (Å²) < 4.78 is 16.8. The van der Waals surface area contributed by atoms with Gasteiger partial charge in [-0.15, -0.1) is 0 Å². The molecule has 0 aliphatic heterocycles. The molecule has 0 radical (unpaired) electrons. The summed E-state index contributed by atoms with van der Waals surface area (Å²) in [5.41, 5.74) is 7.48. The highest BCUT2D eigenvalue weighted by molar-refractivity contribution is 5.93. The van der Waals surface area contributed by atoms with Crippen molar-refractivity contribution in [1.82, 2.24) is 10.3 Å². The number of unbranched alkanes of at least 4 members (excludes halogenated alkanes) is 2. The number of benzene rings is 1. The molecule has 0 saturated heterocycles. The number of nitrogens with one attached hydrogen (secondary N) is 1. The van der Waals surface area contributed by atoms with Gasteiger partial charge in [0.05, 0.1) is 12.1 Å². The number of rotatable bonds is 14. The molecule has 2 amide bonds. The zero-order valence-corrected chi connectivity index (χ0v) is 22.2. The second kappa shape index (κ2) is 15.6. The Morgan fingerprint density at radius 2 is 1.68 bits per heavy atom. The van der Waals surface area contributed by atoms with Crippen molar-refractivity contribution in [2.24, 2.45) is 5.73 Å². The zero-order chi connectivity index (χ0) is 27.2. The number of carbonyl (C=O) groups is 3. The largest absolute Gasteiger partial charge is 0.483 e. The number of hydrogen-bond acceptors (Lipinski definition) is 8. The summed E-state index contributed by atoms with van der Waals surface area (Å²) in [5.74, 6) is -0.953. The van der Waals surface area contributed by atoms with Gasteiger partial charge < -0.3 is 19.9 Å². The van der Waals surface area contributed by atoms with Crippen LogP contribution in [-0.4, -0.2) is 35.6 Å². The second-order valence-corrected chi connectivity index (χ2v) is 9.17. The van der Waals surface area contributed by atoms with Crippen LogP contribution < -0.4 is 20.5 Å². The van der Waals surface area contributed by atoms with Crippen LogP contribution in [0.4, 0.5) is 4.79 Å². The predicted molar refractivity (Wildman–Crippen MR) is 141 cm³/mol. The smallest absolute Gasteiger partial charge is 0.420 e. The molecule has 0 aliphatic carbocycles. The highest BCUT2D eigenvalue weighted by Gasteiger charge is 2.20. The average Bonchev–Trinajstić information content (AvgIpc) is 2.89. The van der Waals surface area contributed by atoms with E-state index in [9.17, 15) is 14.4 Å². The molecule has 2 rings (SSSR count). The van der Waals surface area contributed by atoms with Crippen LogP contribution in [0.2, 0.25) is 0 Å². The van der Waals surface area contributed by atoms with Gasteiger partial charge in [0.2, 0.25) is 5.91 Å². The molecule has 0 bridgehead atoms. The highest BCUT2D eigenvalue weighted by atomic mass is 16.6. The van der Waals surface area contributed by atoms with E-state index in [1.807, 2.05) is 29.6 Å². The Kier molecular flexibility index (Phi) is 12.6. The maximum atomic E-state index is 12.9. The summed E-state index contributed by atoms with van der Waals surface area (Å²) in [5, 5.41) is 1.99. The van der Waals surface area contributed by atoms with Crippen molar-refractivity contribution in [2.75, 3.05) is 6.54 Å². The van der Waals surface area contributed by atoms with E-state index in [2.05, 4.69) is 32.7 Å². The van der Waals surface area contributed by atoms with Crippen molar-refractivity contribution in [3.8, 4) is 11.6 Å². The first kappa shape index (κ1) is 29.8. The van der Waals surface area contributed by atoms with Crippen LogP contribution in [0, 0.1) is 0 Å². The van der Waals surface area contributed by atoms with Crippen molar-refractivity contribution in [3.05, 3.63) is 53.2 Å². The number of imide groups is 1. The number of esters is 1. The SMILES string of the molecule is CCCCC(CCCC)OC(=O)c1cnc(OC(=O)NC(=O)CN)c(OCc2ccc(C(C)C)cc2)c1. The molecule has 9 nitrogen and oxygen atoms in total. The summed E-state index contributed by atoms with van der Waals surface area (Å²) in [7, 11) is 0. The molecule has 0 atom stereocenters. The van der Waals surface area contributed by atoms with E-state index in [1.54, 1.807) is 0 Å². The van der Waals surface area contributed by atoms with Gasteiger partial charge in [-0.3, -0.25) is 10.1 Å². The molecule has 0 spiro atoms. The van der Waals surface area contributed by atoms with Crippen LogP contribution in [0.5, 0.6) is 11.6 Å². The van der Waals surface area contributed by atoms with Gasteiger partial charge in [0.25, 0.3) is 5.88 Å². The molecule has 0 saturated carbocycles. The predicted octanol–water partition coefficient (Wildman–Crippen LogP) is 5.26. The average molecular weight is 514 g/mol. The molecule has 1 aromatic heterocycles. The van der Waals surface area contributed by atoms with Gasteiger partial charge >= 0.3 is 12.1 Å². The first-order chi connectivity index (χ1) is 17.8. The van der Waals surface area contributed by atoms with E-state index in [1.165, 1.54) is 17.8 Å². The molecule has 1 heterocycles. The molecule has 9 heteroatoms. The molecule has 1 aromatic carbocycles. The summed E-state index contributed by atoms with van der Waals surface area (Å²) in [6, 6.07) is 9.36. The number of hydrogen-bond donors (Lipinski definition) is 2. The number of amides is 2. The standard InChI is InChI=1S/C28H39N3O6/c1-5-7-9-23(10-8-6-2)36-27(33)22-15-24(26(30-17-22)37-28(34)31-25(32)16-29)35-18-20-11-13-21(14-12-20)19(3)4/h11-15,17,19,23H,5-10,16,18,29H2,1-4H3,(H,31,32,34). The van der Waals surface area contributed by atoms with Crippen molar-refractivity contribution in [2.45, 2.75) is 84.8 Å². The van der Waals surface area contributed by atoms with Crippen molar-refractivity contribution in [1.29, 1.82) is 0 Å². The van der Waals surface area contributed by atoms with Crippen LogP contribution in [0.3, 0.4) is 0 Å². The van der Waals surface area contributed by atoms with Gasteiger partial charge in [0.15, 0.2) is 5.75 Å². The van der Waals surface area contributed by atoms with Crippen molar-refractivity contribution < 1.29 is 28.6 Å². The minimum Gasteiger partial charge on any atom is -0.483 e. The lowest BCUT2D eigenvalue weighted by Gasteiger charge is -2.18. The third-order valence-corrected chi connectivity index (χ3v) is 5.74. The Morgan fingerprint density at radius 1 is 1.03 bits per heavy atom. The fourth-order valence-electron chi connectivity index (χ4n) is 3.51. The molecule has 202 valence electrons. The zero-order valence-electron chi connectivity index (χ0n) is 22.2. The third kappa shape index (κ3) is 10.2. The number of pyridine rings is 1. The van der Waals surface area contributed by atoms with Gasteiger partial charge in [0.1, 0.15) is 12.7 Å². The highest BCUT2D eigenvalue weighted by Crippen LogP contribution is 2.28. The Morgan fingerprint density at radius 3 is 2.24 bits per heavy atom. The normalized spacial score (nSPS) is 10.9. The molecule has 0 fully saturated rings. The van der Waals surface area contributed by atoms with E-state index in [0.29, 0.717) is 5.92 Å². The molecular weight excluding hydrogens is 474 g/mol. The van der Waals surface area contributed by atoms with Gasteiger partial charge in [-0.25, -0.2) is 14.6 Å². The number of ether oxygens (including phenoxy) is 3. The fraction of sp³-hybridized carbons (Fsp3) is 0.500. The van der Waals surface area contributed by atoms with Crippen LogP contribution in [-0.2, 0) is 16.1 Å². The molecular formula is C28H39N3O6. The van der Waals surface area contributed by atoms with E-state index in [4.69, 9.17) is 19.9 Å².